The van der Waals surface area contributed by atoms with Crippen molar-refractivity contribution in [1.29, 1.82) is 0 Å². The molecule has 2 aromatic carbocycles. The quantitative estimate of drug-likeness (QED) is 0.718. The largest absolute Gasteiger partial charge is 0.366 e. The first-order valence-electron chi connectivity index (χ1n) is 7.67. The molecule has 0 aromatic heterocycles. The predicted molar refractivity (Wildman–Crippen MR) is 101 cm³/mol. The minimum absolute atomic E-state index is 0.283. The maximum Gasteiger partial charge on any atom is 0.256 e. The normalized spacial score (nSPS) is 20.5. The standard InChI is InChI=1S/C19H16Cl3NO2/c1-3-4-14(11-5-8-16(21)17(22)9-11)19(25)15-7-6-12(20)10-13(15)18(24)23(19)2/h3,5-10,14,25H,1,4H2,2H3. The molecule has 3 nitrogen and oxygen atoms in total. The number of carbonyl (C=O) groups excluding carboxylic acids is 1. The van der Waals surface area contributed by atoms with Gasteiger partial charge in [-0.2, -0.15) is 0 Å². The van der Waals surface area contributed by atoms with Gasteiger partial charge in [0, 0.05) is 29.1 Å². The van der Waals surface area contributed by atoms with Gasteiger partial charge in [-0.1, -0.05) is 53.0 Å². The Labute approximate surface area is 161 Å². The van der Waals surface area contributed by atoms with Gasteiger partial charge in [-0.25, -0.2) is 0 Å². The maximum atomic E-state index is 12.7. The maximum absolute atomic E-state index is 12.7. The van der Waals surface area contributed by atoms with Crippen LogP contribution < -0.4 is 0 Å². The highest BCUT2D eigenvalue weighted by molar-refractivity contribution is 6.42. The average molecular weight is 397 g/mol. The van der Waals surface area contributed by atoms with Gasteiger partial charge in [0.1, 0.15) is 0 Å². The van der Waals surface area contributed by atoms with E-state index in [2.05, 4.69) is 6.58 Å². The van der Waals surface area contributed by atoms with Crippen molar-refractivity contribution in [2.24, 2.45) is 0 Å². The van der Waals surface area contributed by atoms with Crippen molar-refractivity contribution < 1.29 is 9.90 Å². The molecule has 1 aliphatic rings. The number of nitrogens with zero attached hydrogens (tertiary/aromatic N) is 1. The zero-order chi connectivity index (χ0) is 18.4. The number of likely N-dealkylation sites (N-methyl/N-ethyl adjacent to an activating group) is 1. The van der Waals surface area contributed by atoms with Gasteiger partial charge in [-0.05, 0) is 36.2 Å². The molecule has 0 aliphatic carbocycles. The molecule has 2 unspecified atom stereocenters. The first kappa shape index (κ1) is 18.3. The molecule has 2 aromatic rings. The number of fused-ring (bicyclic) bond motifs is 1. The van der Waals surface area contributed by atoms with Crippen LogP contribution in [0.4, 0.5) is 0 Å². The minimum Gasteiger partial charge on any atom is -0.366 e. The van der Waals surface area contributed by atoms with Gasteiger partial charge in [0.05, 0.1) is 10.0 Å². The summed E-state index contributed by atoms with van der Waals surface area (Å²) in [4.78, 5) is 14.0. The summed E-state index contributed by atoms with van der Waals surface area (Å²) in [5.41, 5.74) is 0.135. The number of hydrogen-bond donors (Lipinski definition) is 1. The van der Waals surface area contributed by atoms with Gasteiger partial charge in [0.15, 0.2) is 5.72 Å². The highest BCUT2D eigenvalue weighted by Gasteiger charge is 2.51. The Bertz CT molecular complexity index is 868. The lowest BCUT2D eigenvalue weighted by molar-refractivity contribution is -0.0935. The van der Waals surface area contributed by atoms with Gasteiger partial charge in [0.2, 0.25) is 0 Å². The molecular weight excluding hydrogens is 381 g/mol. The number of benzene rings is 2. The van der Waals surface area contributed by atoms with Crippen molar-refractivity contribution >= 4 is 40.7 Å². The Morgan fingerprint density at radius 1 is 1.20 bits per heavy atom. The molecule has 0 saturated heterocycles. The van der Waals surface area contributed by atoms with Gasteiger partial charge in [0.25, 0.3) is 5.91 Å². The van der Waals surface area contributed by atoms with Crippen molar-refractivity contribution in [1.82, 2.24) is 4.90 Å². The van der Waals surface area contributed by atoms with Crippen LogP contribution in [0, 0.1) is 0 Å². The molecule has 0 spiro atoms. The van der Waals surface area contributed by atoms with Gasteiger partial charge >= 0.3 is 0 Å². The van der Waals surface area contributed by atoms with E-state index >= 15 is 0 Å². The fourth-order valence-corrected chi connectivity index (χ4v) is 3.86. The van der Waals surface area contributed by atoms with E-state index in [0.29, 0.717) is 32.6 Å². The molecule has 1 heterocycles. The molecule has 2 atom stereocenters. The lowest BCUT2D eigenvalue weighted by atomic mass is 9.81. The fourth-order valence-electron chi connectivity index (χ4n) is 3.38. The van der Waals surface area contributed by atoms with Crippen molar-refractivity contribution in [3.63, 3.8) is 0 Å². The van der Waals surface area contributed by atoms with E-state index in [4.69, 9.17) is 34.8 Å². The van der Waals surface area contributed by atoms with Crippen molar-refractivity contribution in [2.75, 3.05) is 7.05 Å². The Balaban J connectivity index is 2.20. The molecule has 6 heteroatoms. The van der Waals surface area contributed by atoms with Crippen molar-refractivity contribution in [3.8, 4) is 0 Å². The molecule has 0 bridgehead atoms. The fraction of sp³-hybridized carbons (Fsp3) is 0.211. The lowest BCUT2D eigenvalue weighted by Crippen LogP contribution is -2.45. The Morgan fingerprint density at radius 2 is 1.92 bits per heavy atom. The Morgan fingerprint density at radius 3 is 2.56 bits per heavy atom. The second kappa shape index (κ2) is 6.65. The third-order valence-corrected chi connectivity index (χ3v) is 5.63. The van der Waals surface area contributed by atoms with Crippen LogP contribution in [0.1, 0.15) is 33.8 Å². The van der Waals surface area contributed by atoms with E-state index in [9.17, 15) is 9.90 Å². The number of hydrogen-bond acceptors (Lipinski definition) is 2. The van der Waals surface area contributed by atoms with Gasteiger partial charge in [-0.3, -0.25) is 4.79 Å². The molecule has 1 amide bonds. The SMILES string of the molecule is C=CCC(c1ccc(Cl)c(Cl)c1)C1(O)c2ccc(Cl)cc2C(=O)N1C. The number of rotatable bonds is 4. The molecule has 25 heavy (non-hydrogen) atoms. The Kier molecular flexibility index (Phi) is 4.86. The summed E-state index contributed by atoms with van der Waals surface area (Å²) < 4.78 is 0. The van der Waals surface area contributed by atoms with Gasteiger partial charge < -0.3 is 10.0 Å². The van der Waals surface area contributed by atoms with E-state index in [1.54, 1.807) is 49.5 Å². The van der Waals surface area contributed by atoms with Crippen LogP contribution in [-0.4, -0.2) is 23.0 Å². The highest BCUT2D eigenvalue weighted by atomic mass is 35.5. The first-order chi connectivity index (χ1) is 11.8. The number of halogens is 3. The molecular formula is C19H16Cl3NO2. The first-order valence-corrected chi connectivity index (χ1v) is 8.80. The number of amides is 1. The van der Waals surface area contributed by atoms with Gasteiger partial charge in [-0.15, -0.1) is 6.58 Å². The lowest BCUT2D eigenvalue weighted by Gasteiger charge is -2.39. The molecule has 1 aliphatic heterocycles. The van der Waals surface area contributed by atoms with E-state index in [0.717, 1.165) is 5.56 Å². The summed E-state index contributed by atoms with van der Waals surface area (Å²) in [6, 6.07) is 10.1. The third-order valence-electron chi connectivity index (χ3n) is 4.66. The smallest absolute Gasteiger partial charge is 0.256 e. The Hall–Kier alpha value is -1.52. The second-order valence-electron chi connectivity index (χ2n) is 6.03. The highest BCUT2D eigenvalue weighted by Crippen LogP contribution is 2.48. The number of allylic oxidation sites excluding steroid dienone is 1. The van der Waals surface area contributed by atoms with Crippen LogP contribution >= 0.6 is 34.8 Å². The van der Waals surface area contributed by atoms with Crippen LogP contribution in [-0.2, 0) is 5.72 Å². The molecule has 0 radical (unpaired) electrons. The zero-order valence-corrected chi connectivity index (χ0v) is 15.7. The van der Waals surface area contributed by atoms with Crippen LogP contribution in [0.3, 0.4) is 0 Å². The van der Waals surface area contributed by atoms with Crippen LogP contribution in [0.25, 0.3) is 0 Å². The topological polar surface area (TPSA) is 40.5 Å². The van der Waals surface area contributed by atoms with Crippen molar-refractivity contribution in [2.45, 2.75) is 18.1 Å². The summed E-state index contributed by atoms with van der Waals surface area (Å²) in [7, 11) is 1.57. The zero-order valence-electron chi connectivity index (χ0n) is 13.5. The second-order valence-corrected chi connectivity index (χ2v) is 7.28. The monoisotopic (exact) mass is 395 g/mol. The van der Waals surface area contributed by atoms with Crippen LogP contribution in [0.15, 0.2) is 49.1 Å². The van der Waals surface area contributed by atoms with Crippen LogP contribution in [0.2, 0.25) is 15.1 Å². The van der Waals surface area contributed by atoms with E-state index in [-0.39, 0.29) is 5.91 Å². The molecule has 1 N–H and O–H groups in total. The third kappa shape index (κ3) is 2.85. The summed E-state index contributed by atoms with van der Waals surface area (Å²) in [5, 5.41) is 12.9. The van der Waals surface area contributed by atoms with E-state index in [1.807, 2.05) is 0 Å². The number of aliphatic hydroxyl groups is 1. The minimum atomic E-state index is -1.54. The average Bonchev–Trinajstić information content (AvgIpc) is 2.77. The van der Waals surface area contributed by atoms with E-state index in [1.165, 1.54) is 4.90 Å². The van der Waals surface area contributed by atoms with E-state index < -0.39 is 11.6 Å². The number of carbonyl (C=O) groups is 1. The summed E-state index contributed by atoms with van der Waals surface area (Å²) >= 11 is 18.2. The van der Waals surface area contributed by atoms with Crippen LogP contribution in [0.5, 0.6) is 0 Å². The van der Waals surface area contributed by atoms with Crippen molar-refractivity contribution in [3.05, 3.63) is 80.8 Å². The summed E-state index contributed by atoms with van der Waals surface area (Å²) in [6.07, 6.45) is 2.14. The molecule has 3 rings (SSSR count). The predicted octanol–water partition coefficient (Wildman–Crippen LogP) is 5.24. The molecule has 0 saturated carbocycles. The summed E-state index contributed by atoms with van der Waals surface area (Å²) in [6.45, 7) is 3.79. The summed E-state index contributed by atoms with van der Waals surface area (Å²) in [5.74, 6) is -0.745. The molecule has 130 valence electrons. The molecule has 0 fully saturated rings.